The SMILES string of the molecule is C=CCOC12Oc3ccc(OC(=O)NCCCCCCCCCCCC)cc3C3C(CCCCO)C(CCCCO)C=C(C(=NOC4CCCCO4)CC1N(C)S(=O)(=O)c1ccc(NC(C)=O)cc1)C32. The molecule has 388 valence electrons. The summed E-state index contributed by atoms with van der Waals surface area (Å²) in [6.07, 6.45) is 21.3. The zero-order valence-corrected chi connectivity index (χ0v) is 42.7. The number of nitrogens with zero attached hydrogens (tertiary/aromatic N) is 2. The molecule has 0 bridgehead atoms. The van der Waals surface area contributed by atoms with Crippen molar-refractivity contribution in [1.29, 1.82) is 0 Å². The number of oxime groups is 1. The van der Waals surface area contributed by atoms with E-state index in [1.807, 2.05) is 6.07 Å². The number of unbranched alkanes of at least 4 members (excludes halogenated alkanes) is 11. The maximum Gasteiger partial charge on any atom is 0.412 e. The van der Waals surface area contributed by atoms with E-state index in [2.05, 4.69) is 30.2 Å². The molecule has 2 aliphatic carbocycles. The molecule has 2 aliphatic heterocycles. The number of allylic oxidation sites excluding steroid dienone is 1. The maximum absolute atomic E-state index is 14.9. The molecule has 2 amide bonds. The second kappa shape index (κ2) is 27.5. The fourth-order valence-electron chi connectivity index (χ4n) is 10.9. The maximum atomic E-state index is 14.9. The van der Waals surface area contributed by atoms with Crippen molar-refractivity contribution in [3.8, 4) is 11.5 Å². The minimum Gasteiger partial charge on any atom is -0.460 e. The van der Waals surface area contributed by atoms with Gasteiger partial charge in [-0.3, -0.25) is 4.79 Å². The summed E-state index contributed by atoms with van der Waals surface area (Å²) in [6, 6.07) is 10.3. The van der Waals surface area contributed by atoms with Crippen LogP contribution in [0.25, 0.3) is 0 Å². The van der Waals surface area contributed by atoms with Crippen LogP contribution < -0.4 is 20.1 Å². The van der Waals surface area contributed by atoms with Crippen LogP contribution in [-0.4, -0.2) is 98.8 Å². The lowest BCUT2D eigenvalue weighted by molar-refractivity contribution is -0.250. The first kappa shape index (κ1) is 55.0. The fourth-order valence-corrected chi connectivity index (χ4v) is 12.2. The Labute approximate surface area is 416 Å². The van der Waals surface area contributed by atoms with Crippen molar-refractivity contribution in [2.75, 3.05) is 45.3 Å². The molecule has 4 aliphatic rings. The van der Waals surface area contributed by atoms with Crippen molar-refractivity contribution in [2.24, 2.45) is 22.9 Å². The van der Waals surface area contributed by atoms with E-state index in [4.69, 9.17) is 28.9 Å². The van der Waals surface area contributed by atoms with Crippen molar-refractivity contribution >= 4 is 33.4 Å². The van der Waals surface area contributed by atoms with Crippen molar-refractivity contribution in [3.05, 3.63) is 72.3 Å². The normalized spacial score (nSPS) is 24.5. The van der Waals surface area contributed by atoms with E-state index in [-0.39, 0.29) is 48.9 Å². The number of carbonyl (C=O) groups is 2. The van der Waals surface area contributed by atoms with Gasteiger partial charge in [-0.15, -0.1) is 6.58 Å². The van der Waals surface area contributed by atoms with Crippen LogP contribution in [0, 0.1) is 17.8 Å². The van der Waals surface area contributed by atoms with Gasteiger partial charge in [0.2, 0.25) is 28.0 Å². The molecular formula is C54H80N4O11S. The summed E-state index contributed by atoms with van der Waals surface area (Å²) in [5.74, 6) is -2.29. The molecular weight excluding hydrogens is 913 g/mol. The van der Waals surface area contributed by atoms with E-state index < -0.39 is 46.1 Å². The molecule has 2 aromatic rings. The zero-order valence-electron chi connectivity index (χ0n) is 41.9. The summed E-state index contributed by atoms with van der Waals surface area (Å²) >= 11 is 0. The Morgan fingerprint density at radius 2 is 1.63 bits per heavy atom. The number of hydrogen-bond donors (Lipinski definition) is 4. The molecule has 15 nitrogen and oxygen atoms in total. The second-order valence-corrected chi connectivity index (χ2v) is 21.4. The van der Waals surface area contributed by atoms with Crippen LogP contribution in [0.3, 0.4) is 0 Å². The van der Waals surface area contributed by atoms with Crippen molar-refractivity contribution < 1.29 is 52.0 Å². The first-order valence-corrected chi connectivity index (χ1v) is 27.6. The molecule has 1 saturated carbocycles. The van der Waals surface area contributed by atoms with Crippen LogP contribution >= 0.6 is 0 Å². The predicted molar refractivity (Wildman–Crippen MR) is 271 cm³/mol. The topological polar surface area (TPSA) is 195 Å². The first-order chi connectivity index (χ1) is 34.0. The Morgan fingerprint density at radius 3 is 2.29 bits per heavy atom. The highest BCUT2D eigenvalue weighted by atomic mass is 32.2. The van der Waals surface area contributed by atoms with Gasteiger partial charge in [0.25, 0.3) is 0 Å². The van der Waals surface area contributed by atoms with Crippen LogP contribution in [0.5, 0.6) is 11.5 Å². The number of nitrogens with one attached hydrogen (secondary N) is 2. The molecule has 16 heteroatoms. The summed E-state index contributed by atoms with van der Waals surface area (Å²) in [4.78, 5) is 31.4. The molecule has 6 rings (SSSR count). The first-order valence-electron chi connectivity index (χ1n) is 26.1. The summed E-state index contributed by atoms with van der Waals surface area (Å²) in [6.45, 7) is 8.76. The number of amides is 2. The summed E-state index contributed by atoms with van der Waals surface area (Å²) in [5.41, 5.74) is 2.59. The molecule has 4 N–H and O–H groups in total. The molecule has 7 unspecified atom stereocenters. The third kappa shape index (κ3) is 14.2. The van der Waals surface area contributed by atoms with E-state index in [1.54, 1.807) is 30.3 Å². The van der Waals surface area contributed by atoms with Gasteiger partial charge in [0.15, 0.2) is 0 Å². The van der Waals surface area contributed by atoms with Gasteiger partial charge in [-0.2, -0.15) is 4.31 Å². The smallest absolute Gasteiger partial charge is 0.412 e. The number of fused-ring (bicyclic) bond motifs is 2. The number of hydrogen-bond acceptors (Lipinski definition) is 12. The molecule has 0 radical (unpaired) electrons. The summed E-state index contributed by atoms with van der Waals surface area (Å²) in [5, 5.41) is 30.4. The fraction of sp³-hybridized carbons (Fsp3) is 0.648. The highest BCUT2D eigenvalue weighted by molar-refractivity contribution is 7.89. The molecule has 2 heterocycles. The van der Waals surface area contributed by atoms with E-state index >= 15 is 0 Å². The van der Waals surface area contributed by atoms with Gasteiger partial charge < -0.3 is 44.6 Å². The number of aliphatic hydroxyl groups is 2. The van der Waals surface area contributed by atoms with Crippen LogP contribution in [0.15, 0.2) is 76.8 Å². The third-order valence-electron chi connectivity index (χ3n) is 14.4. The Kier molecular flexibility index (Phi) is 21.6. The van der Waals surface area contributed by atoms with E-state index in [1.165, 1.54) is 75.4 Å². The molecule has 0 aromatic heterocycles. The Morgan fingerprint density at radius 1 is 0.929 bits per heavy atom. The number of anilines is 1. The lowest BCUT2D eigenvalue weighted by atomic mass is 9.55. The monoisotopic (exact) mass is 993 g/mol. The third-order valence-corrected chi connectivity index (χ3v) is 16.2. The molecule has 1 saturated heterocycles. The Hall–Kier alpha value is -4.32. The van der Waals surface area contributed by atoms with Gasteiger partial charge >= 0.3 is 6.09 Å². The average Bonchev–Trinajstić information content (AvgIpc) is 3.35. The van der Waals surface area contributed by atoms with Crippen molar-refractivity contribution in [2.45, 2.75) is 171 Å². The van der Waals surface area contributed by atoms with Gasteiger partial charge in [0.05, 0.1) is 35.8 Å². The Balaban J connectivity index is 1.40. The van der Waals surface area contributed by atoms with Crippen molar-refractivity contribution in [1.82, 2.24) is 9.62 Å². The molecule has 0 spiro atoms. The summed E-state index contributed by atoms with van der Waals surface area (Å²) < 4.78 is 57.3. The van der Waals surface area contributed by atoms with Crippen molar-refractivity contribution in [3.63, 3.8) is 0 Å². The van der Waals surface area contributed by atoms with Crippen LogP contribution in [0.1, 0.15) is 154 Å². The van der Waals surface area contributed by atoms with E-state index in [0.29, 0.717) is 68.2 Å². The second-order valence-electron chi connectivity index (χ2n) is 19.4. The standard InChI is InChI=1S/C54H80N4O11S/c1-5-7-8-9-10-11-12-13-14-18-31-55-53(62)67-42-27-30-48-46(37-42)51-44(23-16-20-33-60)40(22-15-19-32-59)36-45-47(57-69-50-24-17-21-35-65-50)38-49(54(68-48,52(45)51)66-34-6-2)58(4)70(63,64)43-28-25-41(26-29-43)56-39(3)61/h6,25-30,36-37,40,44,49-52,59-60H,2,5,7-24,31-35,38H2,1,3-4H3,(H,55,62)(H,56,61). The quantitative estimate of drug-likeness (QED) is 0.0344. The number of likely N-dealkylation sites (N-methyl/N-ethyl adjacent to an activating group) is 1. The van der Waals surface area contributed by atoms with Gasteiger partial charge in [0.1, 0.15) is 11.5 Å². The molecule has 70 heavy (non-hydrogen) atoms. The van der Waals surface area contributed by atoms with E-state index in [0.717, 1.165) is 56.1 Å². The number of carbonyl (C=O) groups excluding carboxylic acids is 2. The largest absolute Gasteiger partial charge is 0.460 e. The molecule has 7 atom stereocenters. The number of benzene rings is 2. The highest BCUT2D eigenvalue weighted by Crippen LogP contribution is 2.62. The summed E-state index contributed by atoms with van der Waals surface area (Å²) in [7, 11) is -2.75. The molecule has 2 fully saturated rings. The highest BCUT2D eigenvalue weighted by Gasteiger charge is 2.65. The van der Waals surface area contributed by atoms with Gasteiger partial charge in [-0.1, -0.05) is 94.9 Å². The van der Waals surface area contributed by atoms with Crippen LogP contribution in [-0.2, 0) is 29.1 Å². The number of sulfonamides is 1. The molecule has 2 aromatic carbocycles. The minimum absolute atomic E-state index is 0.00474. The van der Waals surface area contributed by atoms with Gasteiger partial charge in [-0.05, 0) is 105 Å². The van der Waals surface area contributed by atoms with Crippen LogP contribution in [0.2, 0.25) is 0 Å². The van der Waals surface area contributed by atoms with Gasteiger partial charge in [-0.25, -0.2) is 13.2 Å². The predicted octanol–water partition coefficient (Wildman–Crippen LogP) is 10.1. The average molecular weight is 993 g/mol. The van der Waals surface area contributed by atoms with E-state index in [9.17, 15) is 28.2 Å². The zero-order chi connectivity index (χ0) is 49.9. The number of rotatable bonds is 29. The number of aliphatic hydroxyl groups excluding tert-OH is 2. The van der Waals surface area contributed by atoms with Crippen LogP contribution in [0.4, 0.5) is 10.5 Å². The Bertz CT molecular complexity index is 2160. The number of ether oxygens (including phenoxy) is 4. The lowest BCUT2D eigenvalue weighted by Gasteiger charge is -2.59. The lowest BCUT2D eigenvalue weighted by Crippen LogP contribution is -2.69. The van der Waals surface area contributed by atoms with Gasteiger partial charge in [0, 0.05) is 63.7 Å². The minimum atomic E-state index is -4.28.